The van der Waals surface area contributed by atoms with Crippen LogP contribution in [0.1, 0.15) is 16.8 Å². The minimum Gasteiger partial charge on any atom is -0.379 e. The molecule has 0 spiro atoms. The van der Waals surface area contributed by atoms with Crippen LogP contribution in [0.3, 0.4) is 0 Å². The van der Waals surface area contributed by atoms with Gasteiger partial charge < -0.3 is 10.3 Å². The standard InChI is InChI=1S/C13H16N2/c1-10-5-6-13(11(2)8-10)15-9-12-4-3-7-14-12/h3-8,14-15H,9H2,1-2H3. The number of anilines is 1. The largest absolute Gasteiger partial charge is 0.379 e. The maximum atomic E-state index is 3.41. The fourth-order valence-corrected chi connectivity index (χ4v) is 1.68. The van der Waals surface area contributed by atoms with Gasteiger partial charge in [-0.05, 0) is 37.6 Å². The molecule has 1 heterocycles. The number of aryl methyl sites for hydroxylation is 2. The van der Waals surface area contributed by atoms with E-state index < -0.39 is 0 Å². The van der Waals surface area contributed by atoms with Crippen LogP contribution in [0.5, 0.6) is 0 Å². The molecular formula is C13H16N2. The Kier molecular flexibility index (Phi) is 2.77. The molecule has 0 fully saturated rings. The Balaban J connectivity index is 2.05. The van der Waals surface area contributed by atoms with Gasteiger partial charge in [-0.3, -0.25) is 0 Å². The highest BCUT2D eigenvalue weighted by Crippen LogP contribution is 2.16. The van der Waals surface area contributed by atoms with Gasteiger partial charge in [0.25, 0.3) is 0 Å². The smallest absolute Gasteiger partial charge is 0.0551 e. The van der Waals surface area contributed by atoms with Crippen molar-refractivity contribution in [2.45, 2.75) is 20.4 Å². The van der Waals surface area contributed by atoms with Crippen LogP contribution in [0.2, 0.25) is 0 Å². The van der Waals surface area contributed by atoms with Gasteiger partial charge in [0.2, 0.25) is 0 Å². The third-order valence-electron chi connectivity index (χ3n) is 2.51. The molecule has 0 radical (unpaired) electrons. The van der Waals surface area contributed by atoms with Crippen LogP contribution in [0.25, 0.3) is 0 Å². The average Bonchev–Trinajstić information content (AvgIpc) is 2.69. The number of rotatable bonds is 3. The Morgan fingerprint density at radius 1 is 1.20 bits per heavy atom. The highest BCUT2D eigenvalue weighted by atomic mass is 14.9. The van der Waals surface area contributed by atoms with Crippen LogP contribution < -0.4 is 5.32 Å². The quantitative estimate of drug-likeness (QED) is 0.782. The monoisotopic (exact) mass is 200 g/mol. The number of nitrogens with one attached hydrogen (secondary N) is 2. The molecule has 0 saturated heterocycles. The van der Waals surface area contributed by atoms with Crippen molar-refractivity contribution in [3.05, 3.63) is 53.3 Å². The van der Waals surface area contributed by atoms with Crippen molar-refractivity contribution < 1.29 is 0 Å². The lowest BCUT2D eigenvalue weighted by Crippen LogP contribution is -2.01. The van der Waals surface area contributed by atoms with E-state index in [0.29, 0.717) is 0 Å². The molecule has 78 valence electrons. The zero-order valence-corrected chi connectivity index (χ0v) is 9.17. The highest BCUT2D eigenvalue weighted by molar-refractivity contribution is 5.51. The van der Waals surface area contributed by atoms with Gasteiger partial charge in [-0.1, -0.05) is 17.7 Å². The van der Waals surface area contributed by atoms with E-state index in [9.17, 15) is 0 Å². The van der Waals surface area contributed by atoms with Crippen LogP contribution >= 0.6 is 0 Å². The first-order valence-electron chi connectivity index (χ1n) is 5.19. The third-order valence-corrected chi connectivity index (χ3v) is 2.51. The van der Waals surface area contributed by atoms with Crippen molar-refractivity contribution in [1.82, 2.24) is 4.98 Å². The first kappa shape index (κ1) is 9.84. The number of hydrogen-bond acceptors (Lipinski definition) is 1. The van der Waals surface area contributed by atoms with Gasteiger partial charge in [0.15, 0.2) is 0 Å². The molecule has 1 aromatic heterocycles. The molecule has 2 heteroatoms. The predicted molar refractivity (Wildman–Crippen MR) is 64.0 cm³/mol. The molecule has 0 amide bonds. The lowest BCUT2D eigenvalue weighted by Gasteiger charge is -2.09. The zero-order chi connectivity index (χ0) is 10.7. The van der Waals surface area contributed by atoms with Gasteiger partial charge >= 0.3 is 0 Å². The summed E-state index contributed by atoms with van der Waals surface area (Å²) < 4.78 is 0. The van der Waals surface area contributed by atoms with E-state index in [1.54, 1.807) is 0 Å². The fraction of sp³-hybridized carbons (Fsp3) is 0.231. The molecule has 0 aliphatic heterocycles. The van der Waals surface area contributed by atoms with E-state index in [0.717, 1.165) is 6.54 Å². The van der Waals surface area contributed by atoms with Crippen LogP contribution in [-0.2, 0) is 6.54 Å². The maximum absolute atomic E-state index is 3.41. The molecule has 0 atom stereocenters. The van der Waals surface area contributed by atoms with Crippen molar-refractivity contribution in [2.75, 3.05) is 5.32 Å². The molecule has 0 aliphatic carbocycles. The lowest BCUT2D eigenvalue weighted by atomic mass is 10.1. The van der Waals surface area contributed by atoms with Crippen molar-refractivity contribution in [2.24, 2.45) is 0 Å². The Hall–Kier alpha value is -1.70. The van der Waals surface area contributed by atoms with Crippen molar-refractivity contribution in [3.63, 3.8) is 0 Å². The minimum absolute atomic E-state index is 0.844. The van der Waals surface area contributed by atoms with Gasteiger partial charge in [0.1, 0.15) is 0 Å². The third kappa shape index (κ3) is 2.40. The summed E-state index contributed by atoms with van der Waals surface area (Å²) in [6.45, 7) is 5.09. The zero-order valence-electron chi connectivity index (χ0n) is 9.17. The Bertz CT molecular complexity index is 430. The highest BCUT2D eigenvalue weighted by Gasteiger charge is 1.98. The average molecular weight is 200 g/mol. The van der Waals surface area contributed by atoms with Gasteiger partial charge in [0, 0.05) is 17.6 Å². The summed E-state index contributed by atoms with van der Waals surface area (Å²) in [6.07, 6.45) is 1.94. The van der Waals surface area contributed by atoms with Crippen LogP contribution in [0.15, 0.2) is 36.5 Å². The van der Waals surface area contributed by atoms with Gasteiger partial charge in [-0.15, -0.1) is 0 Å². The van der Waals surface area contributed by atoms with Gasteiger partial charge in [-0.2, -0.15) is 0 Å². The number of aromatic amines is 1. The number of H-pyrrole nitrogens is 1. The van der Waals surface area contributed by atoms with Crippen molar-refractivity contribution in [3.8, 4) is 0 Å². The number of aromatic nitrogens is 1. The van der Waals surface area contributed by atoms with E-state index in [1.807, 2.05) is 12.3 Å². The van der Waals surface area contributed by atoms with Gasteiger partial charge in [-0.25, -0.2) is 0 Å². The van der Waals surface area contributed by atoms with E-state index in [4.69, 9.17) is 0 Å². The van der Waals surface area contributed by atoms with E-state index >= 15 is 0 Å². The van der Waals surface area contributed by atoms with Gasteiger partial charge in [0.05, 0.1) is 6.54 Å². The molecule has 0 saturated carbocycles. The van der Waals surface area contributed by atoms with Crippen LogP contribution in [0.4, 0.5) is 5.69 Å². The predicted octanol–water partition coefficient (Wildman–Crippen LogP) is 3.24. The minimum atomic E-state index is 0.844. The van der Waals surface area contributed by atoms with Crippen molar-refractivity contribution in [1.29, 1.82) is 0 Å². The first-order valence-corrected chi connectivity index (χ1v) is 5.19. The fourth-order valence-electron chi connectivity index (χ4n) is 1.68. The molecule has 0 unspecified atom stereocenters. The number of hydrogen-bond donors (Lipinski definition) is 2. The summed E-state index contributed by atoms with van der Waals surface area (Å²) in [6, 6.07) is 10.5. The van der Waals surface area contributed by atoms with Crippen LogP contribution in [0, 0.1) is 13.8 Å². The van der Waals surface area contributed by atoms with Crippen LogP contribution in [-0.4, -0.2) is 4.98 Å². The molecule has 0 bridgehead atoms. The molecule has 2 rings (SSSR count). The second-order valence-electron chi connectivity index (χ2n) is 3.87. The summed E-state index contributed by atoms with van der Waals surface area (Å²) in [5, 5.41) is 3.41. The summed E-state index contributed by atoms with van der Waals surface area (Å²) in [5.74, 6) is 0. The normalized spacial score (nSPS) is 10.3. The summed E-state index contributed by atoms with van der Waals surface area (Å²) in [4.78, 5) is 3.18. The lowest BCUT2D eigenvalue weighted by molar-refractivity contribution is 1.07. The molecule has 0 aliphatic rings. The van der Waals surface area contributed by atoms with Crippen molar-refractivity contribution >= 4 is 5.69 Å². The van der Waals surface area contributed by atoms with E-state index in [1.165, 1.54) is 22.5 Å². The second-order valence-corrected chi connectivity index (χ2v) is 3.87. The topological polar surface area (TPSA) is 27.8 Å². The Morgan fingerprint density at radius 3 is 2.73 bits per heavy atom. The second kappa shape index (κ2) is 4.22. The van der Waals surface area contributed by atoms with E-state index in [-0.39, 0.29) is 0 Å². The Morgan fingerprint density at radius 2 is 2.07 bits per heavy atom. The summed E-state index contributed by atoms with van der Waals surface area (Å²) >= 11 is 0. The molecular weight excluding hydrogens is 184 g/mol. The van der Waals surface area contributed by atoms with E-state index in [2.05, 4.69) is 48.4 Å². The SMILES string of the molecule is Cc1ccc(NCc2ccc[nH]2)c(C)c1. The molecule has 2 nitrogen and oxygen atoms in total. The maximum Gasteiger partial charge on any atom is 0.0551 e. The molecule has 1 aromatic carbocycles. The number of benzene rings is 1. The molecule has 2 aromatic rings. The summed E-state index contributed by atoms with van der Waals surface area (Å²) in [7, 11) is 0. The molecule has 2 N–H and O–H groups in total. The first-order chi connectivity index (χ1) is 7.25. The summed E-state index contributed by atoms with van der Waals surface area (Å²) in [5.41, 5.74) is 5.00. The Labute approximate surface area is 90.3 Å². The molecule has 15 heavy (non-hydrogen) atoms.